The van der Waals surface area contributed by atoms with Crippen molar-refractivity contribution in [1.29, 1.82) is 0 Å². The van der Waals surface area contributed by atoms with Crippen LogP contribution in [0.15, 0.2) is 24.5 Å². The number of hydrogen-bond acceptors (Lipinski definition) is 2. The van der Waals surface area contributed by atoms with E-state index in [-0.39, 0.29) is 0 Å². The van der Waals surface area contributed by atoms with Gasteiger partial charge in [0, 0.05) is 17.8 Å². The monoisotopic (exact) mass is 162 g/mol. The maximum atomic E-state index is 4.20. The maximum Gasteiger partial charge on any atom is 0.149 e. The molecule has 0 aliphatic carbocycles. The molecule has 4 heteroatoms. The highest BCUT2D eigenvalue weighted by Crippen LogP contribution is 2.10. The molecule has 11 heavy (non-hydrogen) atoms. The molecule has 0 N–H and O–H groups in total. The average molecular weight is 162 g/mol. The summed E-state index contributed by atoms with van der Waals surface area (Å²) in [6.07, 6.45) is 3.69. The van der Waals surface area contributed by atoms with Crippen LogP contribution in [0.5, 0.6) is 0 Å². The van der Waals surface area contributed by atoms with Gasteiger partial charge in [-0.25, -0.2) is 4.98 Å². The predicted octanol–water partition coefficient (Wildman–Crippen LogP) is -0.0124. The van der Waals surface area contributed by atoms with Crippen LogP contribution in [0, 0.1) is 0 Å². The molecule has 0 saturated heterocycles. The van der Waals surface area contributed by atoms with E-state index in [9.17, 15) is 0 Å². The van der Waals surface area contributed by atoms with Crippen molar-refractivity contribution < 1.29 is 0 Å². The molecule has 0 bridgehead atoms. The minimum Gasteiger partial charge on any atom is -0.278 e. The van der Waals surface area contributed by atoms with E-state index in [4.69, 9.17) is 0 Å². The van der Waals surface area contributed by atoms with E-state index in [0.29, 0.717) is 0 Å². The summed E-state index contributed by atoms with van der Waals surface area (Å²) in [5, 5.41) is 1.17. The Kier molecular flexibility index (Phi) is 1.42. The zero-order valence-corrected chi connectivity index (χ0v) is 7.05. The molecule has 0 aliphatic rings. The van der Waals surface area contributed by atoms with Crippen molar-refractivity contribution in [2.45, 2.75) is 0 Å². The topological polar surface area (TPSA) is 17.8 Å². The third kappa shape index (κ3) is 0.941. The van der Waals surface area contributed by atoms with Gasteiger partial charge in [-0.05, 0) is 12.1 Å². The van der Waals surface area contributed by atoms with E-state index < -0.39 is 0 Å². The number of pyridine rings is 1. The lowest BCUT2D eigenvalue weighted by Crippen LogP contribution is -2.02. The van der Waals surface area contributed by atoms with Gasteiger partial charge in [0.05, 0.1) is 0 Å². The summed E-state index contributed by atoms with van der Waals surface area (Å²) >= 11 is 4.20. The van der Waals surface area contributed by atoms with Gasteiger partial charge < -0.3 is 0 Å². The van der Waals surface area contributed by atoms with Gasteiger partial charge in [0.1, 0.15) is 13.5 Å². The van der Waals surface area contributed by atoms with E-state index in [2.05, 4.69) is 25.6 Å². The smallest absolute Gasteiger partial charge is 0.149 e. The molecule has 0 saturated carbocycles. The first kappa shape index (κ1) is 6.79. The van der Waals surface area contributed by atoms with E-state index in [1.54, 1.807) is 10.2 Å². The lowest BCUT2D eigenvalue weighted by Gasteiger charge is -1.95. The number of aromatic nitrogens is 2. The maximum absolute atomic E-state index is 4.20. The number of thiol groups is 1. The molecule has 2 rings (SSSR count). The number of fused-ring (bicyclic) bond motifs is 1. The van der Waals surface area contributed by atoms with Crippen molar-refractivity contribution in [3.05, 3.63) is 24.5 Å². The molecule has 0 fully saturated rings. The number of hydrogen-bond donors (Lipinski definition) is 1. The summed E-state index contributed by atoms with van der Waals surface area (Å²) in [4.78, 5) is 4.19. The van der Waals surface area contributed by atoms with E-state index in [1.807, 2.05) is 18.3 Å². The fourth-order valence-corrected chi connectivity index (χ4v) is 1.39. The molecule has 0 aliphatic heterocycles. The molecule has 0 unspecified atom stereocenters. The molecular formula is C7H7BN2S. The van der Waals surface area contributed by atoms with E-state index in [0.717, 1.165) is 5.65 Å². The standard InChI is InChI=1S/C7H7BN2S/c8-6-1-3-9-7-5(6)2-4-10(7)11/h1-4,11H,8H2. The minimum atomic E-state index is 0.924. The van der Waals surface area contributed by atoms with Crippen molar-refractivity contribution in [3.8, 4) is 0 Å². The summed E-state index contributed by atoms with van der Waals surface area (Å²) in [5.41, 5.74) is 2.16. The Labute approximate surface area is 71.2 Å². The second kappa shape index (κ2) is 2.31. The first-order valence-electron chi connectivity index (χ1n) is 3.41. The van der Waals surface area contributed by atoms with Crippen molar-refractivity contribution in [3.63, 3.8) is 0 Å². The van der Waals surface area contributed by atoms with Crippen molar-refractivity contribution in [2.24, 2.45) is 0 Å². The molecule has 2 aromatic heterocycles. The van der Waals surface area contributed by atoms with Crippen molar-refractivity contribution >= 4 is 37.2 Å². The highest BCUT2D eigenvalue weighted by molar-refractivity contribution is 7.78. The summed E-state index contributed by atoms with van der Waals surface area (Å²) in [6.45, 7) is 0. The van der Waals surface area contributed by atoms with Crippen LogP contribution in [0.1, 0.15) is 0 Å². The second-order valence-electron chi connectivity index (χ2n) is 2.53. The Balaban J connectivity index is 2.94. The van der Waals surface area contributed by atoms with Crippen LogP contribution in [0.25, 0.3) is 11.0 Å². The van der Waals surface area contributed by atoms with Crippen LogP contribution >= 0.6 is 12.8 Å². The van der Waals surface area contributed by atoms with Gasteiger partial charge in [0.2, 0.25) is 0 Å². The molecule has 0 amide bonds. The Hall–Kier alpha value is -0.895. The third-order valence-corrected chi connectivity index (χ3v) is 2.11. The Morgan fingerprint density at radius 1 is 1.45 bits per heavy atom. The fraction of sp³-hybridized carbons (Fsp3) is 0. The molecule has 0 spiro atoms. The molecule has 2 aromatic rings. The Bertz CT molecular complexity index is 396. The summed E-state index contributed by atoms with van der Waals surface area (Å²) in [7, 11) is 2.07. The van der Waals surface area contributed by atoms with Gasteiger partial charge in [-0.3, -0.25) is 3.97 Å². The molecule has 0 aromatic carbocycles. The average Bonchev–Trinajstić information content (AvgIpc) is 2.35. The molecular weight excluding hydrogens is 155 g/mol. The number of nitrogens with zero attached hydrogens (tertiary/aromatic N) is 2. The van der Waals surface area contributed by atoms with Gasteiger partial charge in [-0.1, -0.05) is 18.3 Å². The largest absolute Gasteiger partial charge is 0.278 e. The van der Waals surface area contributed by atoms with Crippen molar-refractivity contribution in [2.75, 3.05) is 0 Å². The summed E-state index contributed by atoms with van der Waals surface area (Å²) in [5.74, 6) is 0. The highest BCUT2D eigenvalue weighted by atomic mass is 32.1. The molecule has 2 nitrogen and oxygen atoms in total. The lowest BCUT2D eigenvalue weighted by atomic mass is 9.95. The first-order valence-corrected chi connectivity index (χ1v) is 3.81. The highest BCUT2D eigenvalue weighted by Gasteiger charge is 1.99. The minimum absolute atomic E-state index is 0.924. The van der Waals surface area contributed by atoms with E-state index in [1.165, 1.54) is 10.8 Å². The molecule has 0 radical (unpaired) electrons. The molecule has 0 atom stereocenters. The SMILES string of the molecule is Bc1ccnc2c1ccn2S. The molecule has 2 heterocycles. The third-order valence-electron chi connectivity index (χ3n) is 1.79. The van der Waals surface area contributed by atoms with Crippen molar-refractivity contribution in [1.82, 2.24) is 8.96 Å². The van der Waals surface area contributed by atoms with Gasteiger partial charge >= 0.3 is 0 Å². The van der Waals surface area contributed by atoms with Crippen LogP contribution < -0.4 is 5.46 Å². The van der Waals surface area contributed by atoms with Crippen LogP contribution in [0.2, 0.25) is 0 Å². The molecule has 54 valence electrons. The van der Waals surface area contributed by atoms with Crippen LogP contribution in [0.3, 0.4) is 0 Å². The lowest BCUT2D eigenvalue weighted by molar-refractivity contribution is 1.27. The normalized spacial score (nSPS) is 10.6. The van der Waals surface area contributed by atoms with E-state index >= 15 is 0 Å². The summed E-state index contributed by atoms with van der Waals surface area (Å²) < 4.78 is 1.72. The van der Waals surface area contributed by atoms with Crippen LogP contribution in [0.4, 0.5) is 0 Å². The quantitative estimate of drug-likeness (QED) is 0.426. The van der Waals surface area contributed by atoms with Gasteiger partial charge in [-0.15, -0.1) is 0 Å². The zero-order chi connectivity index (χ0) is 7.84. The predicted molar refractivity (Wildman–Crippen MR) is 52.3 cm³/mol. The Morgan fingerprint density at radius 2 is 2.27 bits per heavy atom. The fourth-order valence-electron chi connectivity index (χ4n) is 1.16. The zero-order valence-electron chi connectivity index (χ0n) is 6.15. The first-order chi connectivity index (χ1) is 5.29. The second-order valence-corrected chi connectivity index (χ2v) is 2.96. The van der Waals surface area contributed by atoms with Crippen LogP contribution in [-0.2, 0) is 0 Å². The van der Waals surface area contributed by atoms with Gasteiger partial charge in [0.25, 0.3) is 0 Å². The van der Waals surface area contributed by atoms with Gasteiger partial charge in [0.15, 0.2) is 0 Å². The Morgan fingerprint density at radius 3 is 3.00 bits per heavy atom. The number of rotatable bonds is 0. The van der Waals surface area contributed by atoms with Gasteiger partial charge in [-0.2, -0.15) is 0 Å². The van der Waals surface area contributed by atoms with Crippen LogP contribution in [-0.4, -0.2) is 16.8 Å². The summed E-state index contributed by atoms with van der Waals surface area (Å²) in [6, 6.07) is 4.01.